The van der Waals surface area contributed by atoms with Gasteiger partial charge in [-0.2, -0.15) is 0 Å². The van der Waals surface area contributed by atoms with Crippen LogP contribution in [0.5, 0.6) is 0 Å². The first-order chi connectivity index (χ1) is 14.5. The van der Waals surface area contributed by atoms with Crippen LogP contribution in [0, 0.1) is 25.7 Å². The Morgan fingerprint density at radius 3 is 2.45 bits per heavy atom. The molecular weight excluding hydrogens is 392 g/mol. The Balaban J connectivity index is 1.98. The number of amides is 4. The van der Waals surface area contributed by atoms with E-state index >= 15 is 0 Å². The monoisotopic (exact) mass is 426 g/mol. The van der Waals surface area contributed by atoms with Gasteiger partial charge in [0.15, 0.2) is 0 Å². The molecule has 2 aliphatic rings. The highest BCUT2D eigenvalue weighted by atomic mass is 16.2. The number of nitrogens with one attached hydrogen (secondary N) is 2. The van der Waals surface area contributed by atoms with Gasteiger partial charge >= 0.3 is 6.03 Å². The molecule has 2 N–H and O–H groups in total. The molecule has 7 heteroatoms. The smallest absolute Gasteiger partial charge is 0.322 e. The van der Waals surface area contributed by atoms with Crippen LogP contribution < -0.4 is 10.6 Å². The lowest BCUT2D eigenvalue weighted by atomic mass is 9.91. The number of hydrogen-bond donors (Lipinski definition) is 2. The molecule has 0 radical (unpaired) electrons. The van der Waals surface area contributed by atoms with E-state index in [-0.39, 0.29) is 30.3 Å². The minimum atomic E-state index is -0.597. The van der Waals surface area contributed by atoms with E-state index in [1.807, 2.05) is 59.7 Å². The highest BCUT2D eigenvalue weighted by Gasteiger charge is 2.47. The third-order valence-electron chi connectivity index (χ3n) is 6.05. The van der Waals surface area contributed by atoms with Crippen molar-refractivity contribution in [1.82, 2.24) is 20.4 Å². The van der Waals surface area contributed by atoms with Gasteiger partial charge in [0.25, 0.3) is 5.91 Å². The minimum Gasteiger partial charge on any atom is -0.354 e. The lowest BCUT2D eigenvalue weighted by Gasteiger charge is -2.31. The fourth-order valence-electron chi connectivity index (χ4n) is 4.41. The number of likely N-dealkylation sites (N-methyl/N-ethyl adjacent to an activating group) is 1. The summed E-state index contributed by atoms with van der Waals surface area (Å²) in [5.41, 5.74) is 4.26. The molecule has 2 heterocycles. The average molecular weight is 427 g/mol. The molecule has 2 atom stereocenters. The van der Waals surface area contributed by atoms with Crippen molar-refractivity contribution in [2.45, 2.75) is 53.6 Å². The number of aryl methyl sites for hydroxylation is 2. The van der Waals surface area contributed by atoms with Crippen molar-refractivity contribution < 1.29 is 14.4 Å². The fourth-order valence-corrected chi connectivity index (χ4v) is 4.41. The second-order valence-electron chi connectivity index (χ2n) is 9.42. The predicted octanol–water partition coefficient (Wildman–Crippen LogP) is 2.89. The Morgan fingerprint density at radius 1 is 1.19 bits per heavy atom. The van der Waals surface area contributed by atoms with Crippen molar-refractivity contribution in [2.75, 3.05) is 20.1 Å². The van der Waals surface area contributed by atoms with Gasteiger partial charge in [0, 0.05) is 13.6 Å². The van der Waals surface area contributed by atoms with Gasteiger partial charge in [0.05, 0.1) is 23.9 Å². The van der Waals surface area contributed by atoms with E-state index in [2.05, 4.69) is 10.6 Å². The van der Waals surface area contributed by atoms with Crippen molar-refractivity contribution in [2.24, 2.45) is 11.8 Å². The molecule has 4 amide bonds. The first kappa shape index (κ1) is 22.8. The van der Waals surface area contributed by atoms with Gasteiger partial charge in [0.2, 0.25) is 5.91 Å². The Bertz CT molecular complexity index is 935. The van der Waals surface area contributed by atoms with Gasteiger partial charge < -0.3 is 15.5 Å². The topological polar surface area (TPSA) is 81.8 Å². The minimum absolute atomic E-state index is 0.0639. The lowest BCUT2D eigenvalue weighted by molar-refractivity contribution is -0.138. The van der Waals surface area contributed by atoms with Crippen molar-refractivity contribution in [3.8, 4) is 0 Å². The first-order valence-corrected chi connectivity index (χ1v) is 11.0. The zero-order chi connectivity index (χ0) is 23.0. The van der Waals surface area contributed by atoms with Crippen molar-refractivity contribution in [3.05, 3.63) is 46.2 Å². The van der Waals surface area contributed by atoms with Crippen molar-refractivity contribution >= 4 is 17.8 Å². The number of carbonyl (C=O) groups excluding carboxylic acids is 3. The third-order valence-corrected chi connectivity index (χ3v) is 6.05. The zero-order valence-electron chi connectivity index (χ0n) is 19.6. The molecule has 31 heavy (non-hydrogen) atoms. The molecule has 0 fully saturated rings. The average Bonchev–Trinajstić information content (AvgIpc) is 3.01. The SMILES string of the molecule is Cc1ccc([C@H]2NC(=O)N(C)C3=C2C(=O)N([C@H](C(=O)NCC(C)C)C(C)C)C3)c(C)c1. The van der Waals surface area contributed by atoms with Crippen LogP contribution in [-0.2, 0) is 9.59 Å². The van der Waals surface area contributed by atoms with E-state index < -0.39 is 12.1 Å². The van der Waals surface area contributed by atoms with E-state index in [0.717, 1.165) is 16.7 Å². The molecule has 0 aliphatic carbocycles. The van der Waals surface area contributed by atoms with Gasteiger partial charge in [-0.05, 0) is 36.8 Å². The molecule has 1 aromatic rings. The Kier molecular flexibility index (Phi) is 6.43. The van der Waals surface area contributed by atoms with E-state index in [1.165, 1.54) is 4.90 Å². The molecular formula is C24H34N4O3. The Hall–Kier alpha value is -2.83. The predicted molar refractivity (Wildman–Crippen MR) is 120 cm³/mol. The summed E-state index contributed by atoms with van der Waals surface area (Å²) >= 11 is 0. The van der Waals surface area contributed by atoms with Crippen LogP contribution in [0.2, 0.25) is 0 Å². The van der Waals surface area contributed by atoms with Crippen molar-refractivity contribution in [3.63, 3.8) is 0 Å². The maximum absolute atomic E-state index is 13.7. The molecule has 7 nitrogen and oxygen atoms in total. The molecule has 0 saturated carbocycles. The van der Waals surface area contributed by atoms with Crippen LogP contribution in [0.15, 0.2) is 29.5 Å². The third kappa shape index (κ3) is 4.31. The van der Waals surface area contributed by atoms with Crippen LogP contribution in [0.25, 0.3) is 0 Å². The summed E-state index contributed by atoms with van der Waals surface area (Å²) < 4.78 is 0. The maximum Gasteiger partial charge on any atom is 0.322 e. The Morgan fingerprint density at radius 2 is 1.87 bits per heavy atom. The maximum atomic E-state index is 13.7. The van der Waals surface area contributed by atoms with E-state index in [1.54, 1.807) is 11.9 Å². The number of urea groups is 1. The van der Waals surface area contributed by atoms with Crippen LogP contribution in [0.4, 0.5) is 4.79 Å². The molecule has 3 rings (SSSR count). The summed E-state index contributed by atoms with van der Waals surface area (Å²) in [7, 11) is 1.67. The summed E-state index contributed by atoms with van der Waals surface area (Å²) in [6.07, 6.45) is 0. The molecule has 0 unspecified atom stereocenters. The van der Waals surface area contributed by atoms with E-state index in [4.69, 9.17) is 0 Å². The molecule has 1 aromatic carbocycles. The Labute approximate surface area is 184 Å². The van der Waals surface area contributed by atoms with Crippen LogP contribution in [0.1, 0.15) is 50.4 Å². The highest BCUT2D eigenvalue weighted by molar-refractivity contribution is 6.03. The normalized spacial score (nSPS) is 19.8. The van der Waals surface area contributed by atoms with Crippen LogP contribution in [-0.4, -0.2) is 53.8 Å². The van der Waals surface area contributed by atoms with Gasteiger partial charge in [-0.15, -0.1) is 0 Å². The molecule has 0 spiro atoms. The molecule has 0 bridgehead atoms. The largest absolute Gasteiger partial charge is 0.354 e. The second kappa shape index (κ2) is 8.73. The van der Waals surface area contributed by atoms with Crippen LogP contribution >= 0.6 is 0 Å². The molecule has 168 valence electrons. The second-order valence-corrected chi connectivity index (χ2v) is 9.42. The van der Waals surface area contributed by atoms with Gasteiger partial charge in [0.1, 0.15) is 6.04 Å². The number of rotatable bonds is 6. The summed E-state index contributed by atoms with van der Waals surface area (Å²) in [6.45, 7) is 12.8. The van der Waals surface area contributed by atoms with E-state index in [0.29, 0.717) is 23.7 Å². The summed E-state index contributed by atoms with van der Waals surface area (Å²) in [5.74, 6) is -0.0858. The zero-order valence-corrected chi connectivity index (χ0v) is 19.6. The summed E-state index contributed by atoms with van der Waals surface area (Å²) in [4.78, 5) is 42.5. The standard InChI is InChI=1S/C24H34N4O3/c1-13(2)11-25-22(29)21(14(3)4)28-12-18-19(23(28)30)20(26-24(31)27(18)7)17-9-8-15(5)10-16(17)6/h8-10,13-14,20-21H,11-12H2,1-7H3,(H,25,29)(H,26,31)/t20-,21+/m1/s1. The van der Waals surface area contributed by atoms with Crippen molar-refractivity contribution in [1.29, 1.82) is 0 Å². The molecule has 2 aliphatic heterocycles. The van der Waals surface area contributed by atoms with Gasteiger partial charge in [-0.1, -0.05) is 51.5 Å². The number of benzene rings is 1. The first-order valence-electron chi connectivity index (χ1n) is 11.0. The fraction of sp³-hybridized carbons (Fsp3) is 0.542. The highest BCUT2D eigenvalue weighted by Crippen LogP contribution is 2.38. The number of nitrogens with zero attached hydrogens (tertiary/aromatic N) is 2. The molecule has 0 aromatic heterocycles. The number of hydrogen-bond acceptors (Lipinski definition) is 3. The number of carbonyl (C=O) groups is 3. The summed E-state index contributed by atoms with van der Waals surface area (Å²) in [6, 6.07) is 4.64. The lowest BCUT2D eigenvalue weighted by Crippen LogP contribution is -2.52. The van der Waals surface area contributed by atoms with Gasteiger partial charge in [-0.25, -0.2) is 4.79 Å². The quantitative estimate of drug-likeness (QED) is 0.734. The van der Waals surface area contributed by atoms with Gasteiger partial charge in [-0.3, -0.25) is 14.5 Å². The molecule has 0 saturated heterocycles. The summed E-state index contributed by atoms with van der Waals surface area (Å²) in [5, 5.41) is 5.96. The van der Waals surface area contributed by atoms with Crippen LogP contribution in [0.3, 0.4) is 0 Å². The van der Waals surface area contributed by atoms with E-state index in [9.17, 15) is 14.4 Å².